The highest BCUT2D eigenvalue weighted by Gasteiger charge is 2.50. The number of hydrazine groups is 1. The van der Waals surface area contributed by atoms with Gasteiger partial charge in [0.05, 0.1) is 35.9 Å². The third-order valence-corrected chi connectivity index (χ3v) is 7.20. The summed E-state index contributed by atoms with van der Waals surface area (Å²) in [6.45, 7) is 2.79. The molecule has 2 rings (SSSR count). The number of hydrogen-bond donors (Lipinski definition) is 1. The molecule has 0 saturated carbocycles. The first-order valence-electron chi connectivity index (χ1n) is 9.79. The van der Waals surface area contributed by atoms with E-state index in [1.54, 1.807) is 58.8 Å². The Hall–Kier alpha value is -1.07. The van der Waals surface area contributed by atoms with Crippen molar-refractivity contribution in [2.45, 2.75) is 48.6 Å². The van der Waals surface area contributed by atoms with Crippen LogP contribution in [0, 0.1) is 0 Å². The lowest BCUT2D eigenvalue weighted by molar-refractivity contribution is -0.0418. The fourth-order valence-electron chi connectivity index (χ4n) is 3.91. The van der Waals surface area contributed by atoms with Crippen molar-refractivity contribution < 1.29 is 27.4 Å². The van der Waals surface area contributed by atoms with Crippen LogP contribution in [0.1, 0.15) is 13.3 Å². The van der Waals surface area contributed by atoms with E-state index in [2.05, 4.69) is 5.43 Å². The van der Waals surface area contributed by atoms with Crippen molar-refractivity contribution in [1.29, 1.82) is 0 Å². The predicted molar refractivity (Wildman–Crippen MR) is 110 cm³/mol. The summed E-state index contributed by atoms with van der Waals surface area (Å²) in [5.41, 5.74) is 3.42. The molecule has 1 heterocycles. The molecule has 5 atom stereocenters. The fourth-order valence-corrected chi connectivity index (χ4v) is 5.52. The molecule has 1 saturated heterocycles. The minimum absolute atomic E-state index is 0.0152. The lowest BCUT2D eigenvalue weighted by Gasteiger charge is -2.34. The number of ether oxygens (including phenoxy) is 4. The quantitative estimate of drug-likeness (QED) is 0.528. The summed E-state index contributed by atoms with van der Waals surface area (Å²) in [6.07, 6.45) is 0.156. The SMILES string of the molecule is CC[C@H](CS(=O)(=O)c1ccccc1)NN1[C@@H](COC)[C@@H](OC)[C@H](OC)[C@@H]1COC. The van der Waals surface area contributed by atoms with Crippen LogP contribution in [0.5, 0.6) is 0 Å². The van der Waals surface area contributed by atoms with Crippen molar-refractivity contribution in [3.05, 3.63) is 30.3 Å². The number of nitrogens with one attached hydrogen (secondary N) is 1. The third-order valence-electron chi connectivity index (χ3n) is 5.36. The van der Waals surface area contributed by atoms with Gasteiger partial charge in [-0.05, 0) is 18.6 Å². The predicted octanol–water partition coefficient (Wildman–Crippen LogP) is 1.12. The molecule has 9 heteroatoms. The maximum atomic E-state index is 12.9. The van der Waals surface area contributed by atoms with Crippen molar-refractivity contribution >= 4 is 9.84 Å². The van der Waals surface area contributed by atoms with Gasteiger partial charge in [0.15, 0.2) is 9.84 Å². The van der Waals surface area contributed by atoms with Gasteiger partial charge in [0.25, 0.3) is 0 Å². The van der Waals surface area contributed by atoms with Crippen LogP contribution < -0.4 is 5.43 Å². The number of rotatable bonds is 12. The maximum Gasteiger partial charge on any atom is 0.179 e. The Kier molecular flexibility index (Phi) is 9.48. The molecule has 0 spiro atoms. The van der Waals surface area contributed by atoms with Crippen molar-refractivity contribution in [2.24, 2.45) is 0 Å². The molecule has 0 amide bonds. The normalized spacial score (nSPS) is 26.7. The van der Waals surface area contributed by atoms with E-state index in [9.17, 15) is 8.42 Å². The van der Waals surface area contributed by atoms with E-state index in [0.717, 1.165) is 0 Å². The van der Waals surface area contributed by atoms with Crippen LogP contribution in [0.3, 0.4) is 0 Å². The maximum absolute atomic E-state index is 12.9. The van der Waals surface area contributed by atoms with Gasteiger partial charge in [0.2, 0.25) is 0 Å². The summed E-state index contributed by atoms with van der Waals surface area (Å²) in [7, 11) is 3.13. The molecule has 29 heavy (non-hydrogen) atoms. The van der Waals surface area contributed by atoms with Crippen LogP contribution in [0.4, 0.5) is 0 Å². The molecular formula is C20H34N2O6S. The molecule has 1 aromatic carbocycles. The number of hydrogen-bond acceptors (Lipinski definition) is 8. The first-order chi connectivity index (χ1) is 13.9. The summed E-state index contributed by atoms with van der Waals surface area (Å²) < 4.78 is 48.0. The Morgan fingerprint density at radius 2 is 1.48 bits per heavy atom. The fraction of sp³-hybridized carbons (Fsp3) is 0.700. The summed E-state index contributed by atoms with van der Waals surface area (Å²) in [6, 6.07) is 7.94. The molecule has 1 aromatic rings. The van der Waals surface area contributed by atoms with Crippen molar-refractivity contribution in [2.75, 3.05) is 47.4 Å². The molecule has 0 unspecified atom stereocenters. The van der Waals surface area contributed by atoms with E-state index < -0.39 is 9.84 Å². The second kappa shape index (κ2) is 11.4. The van der Waals surface area contributed by atoms with E-state index >= 15 is 0 Å². The van der Waals surface area contributed by atoms with Gasteiger partial charge in [-0.3, -0.25) is 5.43 Å². The van der Waals surface area contributed by atoms with Crippen molar-refractivity contribution in [1.82, 2.24) is 10.4 Å². The molecule has 1 N–H and O–H groups in total. The molecule has 0 aliphatic carbocycles. The van der Waals surface area contributed by atoms with Crippen LogP contribution in [-0.2, 0) is 28.8 Å². The lowest BCUT2D eigenvalue weighted by Crippen LogP contribution is -2.56. The topological polar surface area (TPSA) is 86.3 Å². The van der Waals surface area contributed by atoms with Crippen LogP contribution in [-0.4, -0.2) is 91.2 Å². The smallest absolute Gasteiger partial charge is 0.179 e. The van der Waals surface area contributed by atoms with Gasteiger partial charge < -0.3 is 18.9 Å². The summed E-state index contributed by atoms with van der Waals surface area (Å²) in [5.74, 6) is -0.0152. The second-order valence-corrected chi connectivity index (χ2v) is 9.22. The van der Waals surface area contributed by atoms with Gasteiger partial charge in [-0.2, -0.15) is 0 Å². The number of nitrogens with zero attached hydrogens (tertiary/aromatic N) is 1. The highest BCUT2D eigenvalue weighted by molar-refractivity contribution is 7.91. The van der Waals surface area contributed by atoms with Gasteiger partial charge >= 0.3 is 0 Å². The average molecular weight is 431 g/mol. The highest BCUT2D eigenvalue weighted by atomic mass is 32.2. The Labute approximate surface area is 174 Å². The Bertz CT molecular complexity index is 682. The summed E-state index contributed by atoms with van der Waals surface area (Å²) >= 11 is 0. The second-order valence-electron chi connectivity index (χ2n) is 7.18. The molecule has 0 radical (unpaired) electrons. The zero-order valence-corrected chi connectivity index (χ0v) is 18.7. The van der Waals surface area contributed by atoms with E-state index in [4.69, 9.17) is 18.9 Å². The van der Waals surface area contributed by atoms with E-state index in [1.165, 1.54) is 0 Å². The Morgan fingerprint density at radius 1 is 0.966 bits per heavy atom. The van der Waals surface area contributed by atoms with Crippen LogP contribution in [0.2, 0.25) is 0 Å². The Morgan fingerprint density at radius 3 is 1.90 bits per heavy atom. The van der Waals surface area contributed by atoms with Gasteiger partial charge in [0.1, 0.15) is 12.2 Å². The standard InChI is InChI=1S/C20H34N2O6S/c1-6-15(14-29(23,24)16-10-8-7-9-11-16)21-22-17(12-25-2)19(27-4)20(28-5)18(22)13-26-3/h7-11,15,17-21H,6,12-14H2,1-5H3/t15-,17+,18+,19-,20-/m1/s1. The van der Waals surface area contributed by atoms with Gasteiger partial charge in [0, 0.05) is 34.5 Å². The third kappa shape index (κ3) is 5.75. The summed E-state index contributed by atoms with van der Waals surface area (Å²) in [4.78, 5) is 0.327. The molecule has 166 valence electrons. The molecule has 8 nitrogen and oxygen atoms in total. The lowest BCUT2D eigenvalue weighted by atomic mass is 10.1. The largest absolute Gasteiger partial charge is 0.383 e. The highest BCUT2D eigenvalue weighted by Crippen LogP contribution is 2.29. The van der Waals surface area contributed by atoms with E-state index in [0.29, 0.717) is 24.5 Å². The van der Waals surface area contributed by atoms with Crippen LogP contribution >= 0.6 is 0 Å². The van der Waals surface area contributed by atoms with Gasteiger partial charge in [-0.25, -0.2) is 13.4 Å². The Balaban J connectivity index is 2.25. The minimum atomic E-state index is -3.43. The molecular weight excluding hydrogens is 396 g/mol. The molecule has 1 aliphatic heterocycles. The first kappa shape index (κ1) is 24.2. The minimum Gasteiger partial charge on any atom is -0.383 e. The van der Waals surface area contributed by atoms with Gasteiger partial charge in [-0.1, -0.05) is 25.1 Å². The van der Waals surface area contributed by atoms with Gasteiger partial charge in [-0.15, -0.1) is 0 Å². The van der Waals surface area contributed by atoms with Crippen LogP contribution in [0.15, 0.2) is 35.2 Å². The molecule has 0 aromatic heterocycles. The molecule has 1 fully saturated rings. The average Bonchev–Trinajstić information content (AvgIpc) is 3.00. The summed E-state index contributed by atoms with van der Waals surface area (Å²) in [5, 5.41) is 2.00. The monoisotopic (exact) mass is 430 g/mol. The number of methoxy groups -OCH3 is 4. The zero-order chi connectivity index (χ0) is 21.4. The molecule has 0 bridgehead atoms. The molecule has 1 aliphatic rings. The van der Waals surface area contributed by atoms with E-state index in [1.807, 2.05) is 11.9 Å². The van der Waals surface area contributed by atoms with Crippen LogP contribution in [0.25, 0.3) is 0 Å². The zero-order valence-electron chi connectivity index (χ0n) is 17.9. The first-order valence-corrected chi connectivity index (χ1v) is 11.4. The van der Waals surface area contributed by atoms with Crippen molar-refractivity contribution in [3.8, 4) is 0 Å². The van der Waals surface area contributed by atoms with E-state index in [-0.39, 0.29) is 36.1 Å². The number of sulfone groups is 1. The van der Waals surface area contributed by atoms with Crippen molar-refractivity contribution in [3.63, 3.8) is 0 Å². The number of benzene rings is 1.